The number of carbonyl (C=O) groups excluding carboxylic acids is 1. The first-order valence-electron chi connectivity index (χ1n) is 7.13. The molecule has 124 valence electrons. The van der Waals surface area contributed by atoms with Crippen molar-refractivity contribution in [3.63, 3.8) is 0 Å². The van der Waals surface area contributed by atoms with Crippen LogP contribution in [0.4, 0.5) is 0 Å². The van der Waals surface area contributed by atoms with Crippen LogP contribution in [0.5, 0.6) is 5.75 Å². The monoisotopic (exact) mass is 337 g/mol. The van der Waals surface area contributed by atoms with E-state index in [9.17, 15) is 4.79 Å². The third-order valence-electron chi connectivity index (χ3n) is 3.50. The van der Waals surface area contributed by atoms with Gasteiger partial charge in [-0.1, -0.05) is 17.7 Å². The Kier molecular flexibility index (Phi) is 5.69. The molecule has 1 aromatic heterocycles. The number of benzene rings is 1. The molecule has 0 aliphatic carbocycles. The van der Waals surface area contributed by atoms with E-state index in [4.69, 9.17) is 25.5 Å². The summed E-state index contributed by atoms with van der Waals surface area (Å²) >= 11 is 6.25. The van der Waals surface area contributed by atoms with Gasteiger partial charge < -0.3 is 13.9 Å². The summed E-state index contributed by atoms with van der Waals surface area (Å²) in [6.45, 7) is 2.95. The molecule has 1 aromatic carbocycles. The second-order valence-corrected chi connectivity index (χ2v) is 5.71. The van der Waals surface area contributed by atoms with Gasteiger partial charge in [-0.2, -0.15) is 0 Å². The Morgan fingerprint density at radius 3 is 2.61 bits per heavy atom. The molecule has 0 saturated heterocycles. The standard InChI is InChI=1S/C17H20ClNO4/c1-11-15(17(20)22-4)7-14(23-11)10-19(2)9-12-5-6-13(21-3)8-16(12)18/h5-8H,9-10H2,1-4H3. The largest absolute Gasteiger partial charge is 0.497 e. The number of halogens is 1. The summed E-state index contributed by atoms with van der Waals surface area (Å²) in [5.41, 5.74) is 1.45. The lowest BCUT2D eigenvalue weighted by Crippen LogP contribution is -2.17. The van der Waals surface area contributed by atoms with Crippen LogP contribution in [0.15, 0.2) is 28.7 Å². The Morgan fingerprint density at radius 1 is 1.26 bits per heavy atom. The van der Waals surface area contributed by atoms with E-state index >= 15 is 0 Å². The lowest BCUT2D eigenvalue weighted by Gasteiger charge is -2.16. The fourth-order valence-corrected chi connectivity index (χ4v) is 2.56. The van der Waals surface area contributed by atoms with E-state index in [2.05, 4.69) is 0 Å². The molecule has 0 saturated carbocycles. The van der Waals surface area contributed by atoms with Gasteiger partial charge >= 0.3 is 5.97 Å². The van der Waals surface area contributed by atoms with Crippen LogP contribution in [-0.2, 0) is 17.8 Å². The highest BCUT2D eigenvalue weighted by molar-refractivity contribution is 6.31. The zero-order valence-corrected chi connectivity index (χ0v) is 14.4. The van der Waals surface area contributed by atoms with Gasteiger partial charge in [-0.25, -0.2) is 4.79 Å². The van der Waals surface area contributed by atoms with Crippen molar-refractivity contribution in [3.8, 4) is 5.75 Å². The minimum Gasteiger partial charge on any atom is -0.497 e. The third-order valence-corrected chi connectivity index (χ3v) is 3.85. The van der Waals surface area contributed by atoms with Gasteiger partial charge in [-0.15, -0.1) is 0 Å². The van der Waals surface area contributed by atoms with Crippen molar-refractivity contribution >= 4 is 17.6 Å². The number of methoxy groups -OCH3 is 2. The maximum atomic E-state index is 11.6. The Hall–Kier alpha value is -1.98. The summed E-state index contributed by atoms with van der Waals surface area (Å²) in [6.07, 6.45) is 0. The number of ether oxygens (including phenoxy) is 2. The first kappa shape index (κ1) is 17.4. The highest BCUT2D eigenvalue weighted by Gasteiger charge is 2.16. The normalized spacial score (nSPS) is 10.9. The lowest BCUT2D eigenvalue weighted by atomic mass is 10.2. The van der Waals surface area contributed by atoms with Crippen LogP contribution in [0.3, 0.4) is 0 Å². The highest BCUT2D eigenvalue weighted by atomic mass is 35.5. The molecule has 2 aromatic rings. The highest BCUT2D eigenvalue weighted by Crippen LogP contribution is 2.24. The van der Waals surface area contributed by atoms with E-state index in [1.807, 2.05) is 24.1 Å². The summed E-state index contributed by atoms with van der Waals surface area (Å²) in [5.74, 6) is 1.60. The summed E-state index contributed by atoms with van der Waals surface area (Å²) in [7, 11) is 4.91. The van der Waals surface area contributed by atoms with Crippen LogP contribution < -0.4 is 4.74 Å². The average molecular weight is 338 g/mol. The van der Waals surface area contributed by atoms with E-state index in [1.54, 1.807) is 26.2 Å². The van der Waals surface area contributed by atoms with Gasteiger partial charge in [-0.3, -0.25) is 4.90 Å². The van der Waals surface area contributed by atoms with E-state index < -0.39 is 5.97 Å². The van der Waals surface area contributed by atoms with Gasteiger partial charge in [0, 0.05) is 11.6 Å². The van der Waals surface area contributed by atoms with Crippen molar-refractivity contribution in [2.24, 2.45) is 0 Å². The molecule has 6 heteroatoms. The van der Waals surface area contributed by atoms with Crippen LogP contribution in [0, 0.1) is 6.92 Å². The molecule has 0 spiro atoms. The second-order valence-electron chi connectivity index (χ2n) is 5.30. The Balaban J connectivity index is 2.05. The lowest BCUT2D eigenvalue weighted by molar-refractivity contribution is 0.0599. The smallest absolute Gasteiger partial charge is 0.341 e. The quantitative estimate of drug-likeness (QED) is 0.753. The number of hydrogen-bond donors (Lipinski definition) is 0. The van der Waals surface area contributed by atoms with Crippen molar-refractivity contribution in [2.75, 3.05) is 21.3 Å². The van der Waals surface area contributed by atoms with Crippen molar-refractivity contribution in [1.29, 1.82) is 0 Å². The second kappa shape index (κ2) is 7.53. The molecule has 0 aliphatic heterocycles. The number of furan rings is 1. The SMILES string of the molecule is COC(=O)c1cc(CN(C)Cc2ccc(OC)cc2Cl)oc1C. The maximum absolute atomic E-state index is 11.6. The summed E-state index contributed by atoms with van der Waals surface area (Å²) < 4.78 is 15.5. The van der Waals surface area contributed by atoms with Crippen LogP contribution in [0.25, 0.3) is 0 Å². The molecule has 0 N–H and O–H groups in total. The molecule has 0 radical (unpaired) electrons. The number of rotatable bonds is 6. The number of aryl methyl sites for hydroxylation is 1. The number of esters is 1. The summed E-state index contributed by atoms with van der Waals surface area (Å²) in [6, 6.07) is 7.32. The van der Waals surface area contributed by atoms with Crippen molar-refractivity contribution < 1.29 is 18.7 Å². The van der Waals surface area contributed by atoms with Gasteiger partial charge in [0.2, 0.25) is 0 Å². The van der Waals surface area contributed by atoms with Gasteiger partial charge in [0.15, 0.2) is 0 Å². The van der Waals surface area contributed by atoms with Gasteiger partial charge in [0.25, 0.3) is 0 Å². The fourth-order valence-electron chi connectivity index (χ4n) is 2.33. The van der Waals surface area contributed by atoms with Gasteiger partial charge in [0.05, 0.1) is 20.8 Å². The first-order valence-corrected chi connectivity index (χ1v) is 7.51. The first-order chi connectivity index (χ1) is 10.9. The summed E-state index contributed by atoms with van der Waals surface area (Å²) in [5, 5.41) is 0.655. The number of nitrogens with zero attached hydrogens (tertiary/aromatic N) is 1. The number of hydrogen-bond acceptors (Lipinski definition) is 5. The fraction of sp³-hybridized carbons (Fsp3) is 0.353. The maximum Gasteiger partial charge on any atom is 0.341 e. The Bertz CT molecular complexity index is 696. The zero-order chi connectivity index (χ0) is 17.0. The molecular formula is C17H20ClNO4. The van der Waals surface area contributed by atoms with E-state index in [0.717, 1.165) is 11.3 Å². The van der Waals surface area contributed by atoms with E-state index in [1.165, 1.54) is 7.11 Å². The molecule has 0 aliphatic rings. The van der Waals surface area contributed by atoms with E-state index in [0.29, 0.717) is 35.2 Å². The van der Waals surface area contributed by atoms with Crippen LogP contribution in [0.1, 0.15) is 27.4 Å². The van der Waals surface area contributed by atoms with E-state index in [-0.39, 0.29) is 0 Å². The molecule has 0 bridgehead atoms. The molecule has 23 heavy (non-hydrogen) atoms. The molecule has 0 fully saturated rings. The molecule has 5 nitrogen and oxygen atoms in total. The summed E-state index contributed by atoms with van der Waals surface area (Å²) in [4.78, 5) is 13.7. The molecule has 0 amide bonds. The van der Waals surface area contributed by atoms with Gasteiger partial charge in [0.1, 0.15) is 22.8 Å². The predicted molar refractivity (Wildman–Crippen MR) is 88.0 cm³/mol. The topological polar surface area (TPSA) is 51.9 Å². The van der Waals surface area contributed by atoms with Crippen molar-refractivity contribution in [1.82, 2.24) is 4.90 Å². The molecule has 1 heterocycles. The average Bonchev–Trinajstić information content (AvgIpc) is 2.88. The van der Waals surface area contributed by atoms with Crippen molar-refractivity contribution in [3.05, 3.63) is 51.9 Å². The molecular weight excluding hydrogens is 318 g/mol. The van der Waals surface area contributed by atoms with Crippen LogP contribution in [-0.4, -0.2) is 32.1 Å². The minimum atomic E-state index is -0.390. The minimum absolute atomic E-state index is 0.390. The number of carbonyl (C=O) groups is 1. The Morgan fingerprint density at radius 2 is 2.00 bits per heavy atom. The van der Waals surface area contributed by atoms with Crippen molar-refractivity contribution in [2.45, 2.75) is 20.0 Å². The third kappa shape index (κ3) is 4.27. The predicted octanol–water partition coefficient (Wildman–Crippen LogP) is 3.67. The Labute approximate surface area is 140 Å². The molecule has 0 unspecified atom stereocenters. The molecule has 0 atom stereocenters. The van der Waals surface area contributed by atoms with Gasteiger partial charge in [-0.05, 0) is 37.7 Å². The van der Waals surface area contributed by atoms with Crippen LogP contribution >= 0.6 is 11.6 Å². The zero-order valence-electron chi connectivity index (χ0n) is 13.7. The molecule has 2 rings (SSSR count). The van der Waals surface area contributed by atoms with Crippen LogP contribution in [0.2, 0.25) is 5.02 Å².